The maximum Gasteiger partial charge on any atom is 0.410 e. The Labute approximate surface area is 192 Å². The van der Waals surface area contributed by atoms with E-state index < -0.39 is 5.60 Å². The number of hydrogen-bond acceptors (Lipinski definition) is 5. The minimum absolute atomic E-state index is 0.224. The van der Waals surface area contributed by atoms with Crippen LogP contribution in [0, 0.1) is 0 Å². The lowest BCUT2D eigenvalue weighted by Gasteiger charge is -2.32. The summed E-state index contributed by atoms with van der Waals surface area (Å²) in [5.41, 5.74) is 1.55. The molecule has 0 bridgehead atoms. The Morgan fingerprint density at radius 1 is 1.09 bits per heavy atom. The molecule has 0 spiro atoms. The summed E-state index contributed by atoms with van der Waals surface area (Å²) in [5, 5.41) is 5.74. The van der Waals surface area contributed by atoms with Gasteiger partial charge in [-0.05, 0) is 57.9 Å². The molecule has 1 aromatic carbocycles. The number of nitrogens with one attached hydrogen (secondary N) is 1. The van der Waals surface area contributed by atoms with Crippen LogP contribution in [0.15, 0.2) is 54.2 Å². The standard InChI is InChI=1S/C24H28N4O3S/c1-24(2,3)31-23(30)28-14-10-17(11-15-28)22-26-19(16-32-22)21(29)25-18-8-4-5-9-20(18)27-12-6-7-13-27/h4-9,12-13,16-17H,10-11,14-15H2,1-3H3,(H,25,29). The van der Waals surface area contributed by atoms with Crippen molar-refractivity contribution in [2.45, 2.75) is 45.1 Å². The van der Waals surface area contributed by atoms with Gasteiger partial charge in [-0.15, -0.1) is 11.3 Å². The van der Waals surface area contributed by atoms with E-state index in [9.17, 15) is 9.59 Å². The molecule has 1 saturated heterocycles. The van der Waals surface area contributed by atoms with Crippen molar-refractivity contribution in [2.24, 2.45) is 0 Å². The van der Waals surface area contributed by atoms with Crippen LogP contribution in [0.5, 0.6) is 0 Å². The van der Waals surface area contributed by atoms with Gasteiger partial charge < -0.3 is 19.5 Å². The van der Waals surface area contributed by atoms with Gasteiger partial charge in [-0.3, -0.25) is 4.79 Å². The Bertz CT molecular complexity index is 1080. The van der Waals surface area contributed by atoms with Gasteiger partial charge in [0.15, 0.2) is 0 Å². The number of rotatable bonds is 4. The first-order chi connectivity index (χ1) is 15.3. The van der Waals surface area contributed by atoms with Crippen LogP contribution in [0.4, 0.5) is 10.5 Å². The summed E-state index contributed by atoms with van der Waals surface area (Å²) in [7, 11) is 0. The maximum absolute atomic E-state index is 12.9. The number of amides is 2. The lowest BCUT2D eigenvalue weighted by molar-refractivity contribution is 0.0204. The molecular weight excluding hydrogens is 424 g/mol. The number of para-hydroxylation sites is 2. The van der Waals surface area contributed by atoms with E-state index in [1.165, 1.54) is 11.3 Å². The Morgan fingerprint density at radius 2 is 1.78 bits per heavy atom. The zero-order valence-electron chi connectivity index (χ0n) is 18.6. The van der Waals surface area contributed by atoms with Crippen molar-refractivity contribution in [3.05, 3.63) is 64.9 Å². The highest BCUT2D eigenvalue weighted by Crippen LogP contribution is 2.31. The molecular formula is C24H28N4O3S. The topological polar surface area (TPSA) is 76.5 Å². The SMILES string of the molecule is CC(C)(C)OC(=O)N1CCC(c2nc(C(=O)Nc3ccccc3-n3cccc3)cs2)CC1. The van der Waals surface area contributed by atoms with Crippen molar-refractivity contribution in [3.8, 4) is 5.69 Å². The zero-order valence-corrected chi connectivity index (χ0v) is 19.4. The second-order valence-corrected chi connectivity index (χ2v) is 9.76. The quantitative estimate of drug-likeness (QED) is 0.583. The Kier molecular flexibility index (Phi) is 6.32. The first-order valence-corrected chi connectivity index (χ1v) is 11.7. The molecule has 32 heavy (non-hydrogen) atoms. The molecule has 0 atom stereocenters. The van der Waals surface area contributed by atoms with Crippen LogP contribution in [0.3, 0.4) is 0 Å². The summed E-state index contributed by atoms with van der Waals surface area (Å²) in [6.45, 7) is 6.88. The number of aromatic nitrogens is 2. The second kappa shape index (κ2) is 9.16. The first-order valence-electron chi connectivity index (χ1n) is 10.8. The number of anilines is 1. The number of hydrogen-bond donors (Lipinski definition) is 1. The molecule has 8 heteroatoms. The van der Waals surface area contributed by atoms with Crippen molar-refractivity contribution in [1.82, 2.24) is 14.5 Å². The Balaban J connectivity index is 1.38. The summed E-state index contributed by atoms with van der Waals surface area (Å²) in [5.74, 6) is 0.0192. The van der Waals surface area contributed by atoms with Gasteiger partial charge in [0.05, 0.1) is 16.4 Å². The van der Waals surface area contributed by atoms with E-state index in [-0.39, 0.29) is 17.9 Å². The average Bonchev–Trinajstić information content (AvgIpc) is 3.46. The number of carbonyl (C=O) groups is 2. The van der Waals surface area contributed by atoms with E-state index >= 15 is 0 Å². The maximum atomic E-state index is 12.9. The third-order valence-corrected chi connectivity index (χ3v) is 6.29. The van der Waals surface area contributed by atoms with Crippen LogP contribution in [0.2, 0.25) is 0 Å². The molecule has 0 aliphatic carbocycles. The van der Waals surface area contributed by atoms with Gasteiger partial charge in [-0.2, -0.15) is 0 Å². The van der Waals surface area contributed by atoms with Crippen LogP contribution >= 0.6 is 11.3 Å². The molecule has 2 aromatic heterocycles. The predicted molar refractivity (Wildman–Crippen MR) is 126 cm³/mol. The fourth-order valence-electron chi connectivity index (χ4n) is 3.70. The van der Waals surface area contributed by atoms with Gasteiger partial charge >= 0.3 is 6.09 Å². The van der Waals surface area contributed by atoms with Gasteiger partial charge in [0.1, 0.15) is 11.3 Å². The molecule has 1 fully saturated rings. The van der Waals surface area contributed by atoms with Crippen molar-refractivity contribution in [1.29, 1.82) is 0 Å². The fraction of sp³-hybridized carbons (Fsp3) is 0.375. The van der Waals surface area contributed by atoms with E-state index in [4.69, 9.17) is 4.74 Å². The fourth-order valence-corrected chi connectivity index (χ4v) is 4.67. The molecule has 3 aromatic rings. The molecule has 1 aliphatic rings. The summed E-state index contributed by atoms with van der Waals surface area (Å²) in [4.78, 5) is 31.5. The van der Waals surface area contributed by atoms with E-state index in [2.05, 4.69) is 10.3 Å². The highest BCUT2D eigenvalue weighted by Gasteiger charge is 2.29. The second-order valence-electron chi connectivity index (χ2n) is 8.87. The van der Waals surface area contributed by atoms with Gasteiger partial charge in [-0.25, -0.2) is 9.78 Å². The molecule has 1 aliphatic heterocycles. The molecule has 168 valence electrons. The molecule has 0 radical (unpaired) electrons. The largest absolute Gasteiger partial charge is 0.444 e. The van der Waals surface area contributed by atoms with Crippen molar-refractivity contribution in [3.63, 3.8) is 0 Å². The highest BCUT2D eigenvalue weighted by atomic mass is 32.1. The Morgan fingerprint density at radius 3 is 2.47 bits per heavy atom. The smallest absolute Gasteiger partial charge is 0.410 e. The number of piperidine rings is 1. The minimum atomic E-state index is -0.495. The van der Waals surface area contributed by atoms with E-state index in [1.54, 1.807) is 4.90 Å². The van der Waals surface area contributed by atoms with Gasteiger partial charge in [0.2, 0.25) is 0 Å². The normalized spacial score (nSPS) is 14.9. The number of carbonyl (C=O) groups excluding carboxylic acids is 2. The molecule has 3 heterocycles. The molecule has 1 N–H and O–H groups in total. The predicted octanol–water partition coefficient (Wildman–Crippen LogP) is 5.30. The lowest BCUT2D eigenvalue weighted by Crippen LogP contribution is -2.41. The van der Waals surface area contributed by atoms with Gasteiger partial charge in [-0.1, -0.05) is 12.1 Å². The molecule has 0 unspecified atom stereocenters. The number of thiazole rings is 1. The Hall–Kier alpha value is -3.13. The minimum Gasteiger partial charge on any atom is -0.444 e. The van der Waals surface area contributed by atoms with Crippen molar-refractivity contribution < 1.29 is 14.3 Å². The van der Waals surface area contributed by atoms with Gasteiger partial charge in [0, 0.05) is 36.8 Å². The first kappa shape index (κ1) is 22.1. The summed E-state index contributed by atoms with van der Waals surface area (Å²) in [6, 6.07) is 11.6. The van der Waals surface area contributed by atoms with Crippen molar-refractivity contribution >= 4 is 29.0 Å². The van der Waals surface area contributed by atoms with Crippen molar-refractivity contribution in [2.75, 3.05) is 18.4 Å². The monoisotopic (exact) mass is 452 g/mol. The number of benzene rings is 1. The third-order valence-electron chi connectivity index (χ3n) is 5.29. The van der Waals surface area contributed by atoms with E-state index in [1.807, 2.05) is 79.5 Å². The average molecular weight is 453 g/mol. The van der Waals surface area contributed by atoms with E-state index in [0.29, 0.717) is 18.8 Å². The number of ether oxygens (including phenoxy) is 1. The van der Waals surface area contributed by atoms with Crippen LogP contribution in [0.25, 0.3) is 5.69 Å². The van der Waals surface area contributed by atoms with Gasteiger partial charge in [0.25, 0.3) is 5.91 Å². The van der Waals surface area contributed by atoms with Crippen LogP contribution in [-0.2, 0) is 4.74 Å². The molecule has 4 rings (SSSR count). The third kappa shape index (κ3) is 5.19. The molecule has 0 saturated carbocycles. The number of likely N-dealkylation sites (tertiary alicyclic amines) is 1. The zero-order chi connectivity index (χ0) is 22.7. The highest BCUT2D eigenvalue weighted by molar-refractivity contribution is 7.10. The molecule has 2 amide bonds. The molecule has 7 nitrogen and oxygen atoms in total. The lowest BCUT2D eigenvalue weighted by atomic mass is 9.98. The van der Waals surface area contributed by atoms with Crippen LogP contribution in [0.1, 0.15) is 55.0 Å². The summed E-state index contributed by atoms with van der Waals surface area (Å²) >= 11 is 1.50. The van der Waals surface area contributed by atoms with Crippen LogP contribution < -0.4 is 5.32 Å². The number of nitrogens with zero attached hydrogens (tertiary/aromatic N) is 3. The summed E-state index contributed by atoms with van der Waals surface area (Å²) < 4.78 is 7.42. The van der Waals surface area contributed by atoms with E-state index in [0.717, 1.165) is 29.2 Å². The van der Waals surface area contributed by atoms with Crippen LogP contribution in [-0.4, -0.2) is 45.1 Å². The summed E-state index contributed by atoms with van der Waals surface area (Å²) in [6.07, 6.45) is 5.23.